The lowest BCUT2D eigenvalue weighted by molar-refractivity contribution is -0.116. The lowest BCUT2D eigenvalue weighted by atomic mass is 9.78. The zero-order valence-electron chi connectivity index (χ0n) is 19.9. The summed E-state index contributed by atoms with van der Waals surface area (Å²) in [5, 5.41) is 7.20. The Labute approximate surface area is 213 Å². The van der Waals surface area contributed by atoms with Crippen molar-refractivity contribution in [1.29, 1.82) is 0 Å². The van der Waals surface area contributed by atoms with E-state index in [1.54, 1.807) is 21.3 Å². The van der Waals surface area contributed by atoms with Gasteiger partial charge in [0.25, 0.3) is 0 Å². The topological polar surface area (TPSA) is 68.8 Å². The molecule has 0 unspecified atom stereocenters. The maximum absolute atomic E-state index is 13.8. The summed E-state index contributed by atoms with van der Waals surface area (Å²) in [6.45, 7) is 0. The molecule has 2 atom stereocenters. The standard InChI is InChI=1S/C28H27BrN2O4/c1-33-19-10-8-16(9-11-19)17-13-23-26(24(32)14-17)27(31-22-7-5-4-6-21(22)30-23)18-12-20(29)28(35-3)25(15-18)34-2/h4-12,15,17,27,30-31H,13-14H2,1-3H3/t17-,27+/m1/s1. The third-order valence-electron chi connectivity index (χ3n) is 6.69. The molecule has 3 aromatic carbocycles. The van der Waals surface area contributed by atoms with Crippen molar-refractivity contribution in [3.05, 3.63) is 87.5 Å². The van der Waals surface area contributed by atoms with Crippen molar-refractivity contribution >= 4 is 33.1 Å². The average Bonchev–Trinajstić information content (AvgIpc) is 3.05. The molecular formula is C28H27BrN2O4. The lowest BCUT2D eigenvalue weighted by Crippen LogP contribution is -2.27. The van der Waals surface area contributed by atoms with Crippen molar-refractivity contribution in [2.45, 2.75) is 24.8 Å². The fraction of sp³-hybridized carbons (Fsp3) is 0.250. The molecular weight excluding hydrogens is 508 g/mol. The van der Waals surface area contributed by atoms with Crippen molar-refractivity contribution in [2.24, 2.45) is 0 Å². The van der Waals surface area contributed by atoms with E-state index in [4.69, 9.17) is 14.2 Å². The highest BCUT2D eigenvalue weighted by Crippen LogP contribution is 2.46. The Morgan fingerprint density at radius 3 is 2.29 bits per heavy atom. The van der Waals surface area contributed by atoms with E-state index in [0.29, 0.717) is 17.9 Å². The number of rotatable bonds is 5. The Morgan fingerprint density at radius 2 is 1.60 bits per heavy atom. The highest BCUT2D eigenvalue weighted by molar-refractivity contribution is 9.10. The predicted octanol–water partition coefficient (Wildman–Crippen LogP) is 6.45. The largest absolute Gasteiger partial charge is 0.497 e. The summed E-state index contributed by atoms with van der Waals surface area (Å²) in [4.78, 5) is 13.8. The van der Waals surface area contributed by atoms with Gasteiger partial charge < -0.3 is 24.8 Å². The van der Waals surface area contributed by atoms with Gasteiger partial charge in [-0.25, -0.2) is 0 Å². The van der Waals surface area contributed by atoms with Gasteiger partial charge in [0, 0.05) is 17.7 Å². The number of ketones is 1. The van der Waals surface area contributed by atoms with Crippen LogP contribution in [0.4, 0.5) is 11.4 Å². The Morgan fingerprint density at radius 1 is 0.857 bits per heavy atom. The van der Waals surface area contributed by atoms with Crippen molar-refractivity contribution in [1.82, 2.24) is 0 Å². The number of carbonyl (C=O) groups is 1. The maximum Gasteiger partial charge on any atom is 0.174 e. The molecule has 1 heterocycles. The summed E-state index contributed by atoms with van der Waals surface area (Å²) in [6, 6.07) is 19.6. The van der Waals surface area contributed by atoms with Gasteiger partial charge in [0.15, 0.2) is 17.3 Å². The van der Waals surface area contributed by atoms with Gasteiger partial charge in [0.05, 0.1) is 43.2 Å². The van der Waals surface area contributed by atoms with E-state index in [-0.39, 0.29) is 17.7 Å². The van der Waals surface area contributed by atoms with Gasteiger partial charge in [0.2, 0.25) is 0 Å². The van der Waals surface area contributed by atoms with E-state index < -0.39 is 0 Å². The van der Waals surface area contributed by atoms with Crippen LogP contribution in [0.2, 0.25) is 0 Å². The minimum Gasteiger partial charge on any atom is -0.497 e. The van der Waals surface area contributed by atoms with E-state index in [1.807, 2.05) is 60.7 Å². The number of ether oxygens (including phenoxy) is 3. The fourth-order valence-electron chi connectivity index (χ4n) is 4.96. The van der Waals surface area contributed by atoms with E-state index in [2.05, 4.69) is 26.6 Å². The number of para-hydroxylation sites is 2. The molecule has 7 heteroatoms. The number of hydrogen-bond acceptors (Lipinski definition) is 6. The van der Waals surface area contributed by atoms with Gasteiger partial charge in [-0.3, -0.25) is 4.79 Å². The zero-order chi connectivity index (χ0) is 24.5. The van der Waals surface area contributed by atoms with Crippen LogP contribution in [-0.2, 0) is 4.79 Å². The Kier molecular flexibility index (Phi) is 6.43. The van der Waals surface area contributed by atoms with Crippen molar-refractivity contribution < 1.29 is 19.0 Å². The first-order valence-electron chi connectivity index (χ1n) is 11.5. The molecule has 35 heavy (non-hydrogen) atoms. The number of halogens is 1. The number of nitrogens with one attached hydrogen (secondary N) is 2. The van der Waals surface area contributed by atoms with Crippen LogP contribution in [-0.4, -0.2) is 27.1 Å². The summed E-state index contributed by atoms with van der Waals surface area (Å²) in [5.41, 5.74) is 5.62. The third kappa shape index (κ3) is 4.36. The molecule has 0 aromatic heterocycles. The smallest absolute Gasteiger partial charge is 0.174 e. The summed E-state index contributed by atoms with van der Waals surface area (Å²) in [7, 11) is 4.88. The van der Waals surface area contributed by atoms with Gasteiger partial charge in [-0.15, -0.1) is 0 Å². The molecule has 0 saturated carbocycles. The summed E-state index contributed by atoms with van der Waals surface area (Å²) in [5.74, 6) is 2.23. The first-order valence-corrected chi connectivity index (χ1v) is 12.3. The second kappa shape index (κ2) is 9.66. The number of allylic oxidation sites excluding steroid dienone is 1. The van der Waals surface area contributed by atoms with E-state index in [9.17, 15) is 4.79 Å². The van der Waals surface area contributed by atoms with Gasteiger partial charge in [-0.1, -0.05) is 24.3 Å². The van der Waals surface area contributed by atoms with Crippen LogP contribution < -0.4 is 24.8 Å². The molecule has 1 aliphatic carbocycles. The molecule has 0 fully saturated rings. The van der Waals surface area contributed by atoms with Crippen LogP contribution in [0.15, 0.2) is 76.4 Å². The van der Waals surface area contributed by atoms with Crippen LogP contribution in [0, 0.1) is 0 Å². The molecule has 2 aliphatic rings. The Hall–Kier alpha value is -3.45. The number of fused-ring (bicyclic) bond motifs is 1. The Balaban J connectivity index is 1.61. The van der Waals surface area contributed by atoms with Gasteiger partial charge in [-0.2, -0.15) is 0 Å². The molecule has 0 spiro atoms. The minimum absolute atomic E-state index is 0.0858. The first-order chi connectivity index (χ1) is 17.0. The van der Waals surface area contributed by atoms with Crippen molar-refractivity contribution in [3.63, 3.8) is 0 Å². The molecule has 2 N–H and O–H groups in total. The average molecular weight is 535 g/mol. The summed E-state index contributed by atoms with van der Waals surface area (Å²) in [6.07, 6.45) is 1.17. The molecule has 3 aromatic rings. The second-order valence-electron chi connectivity index (χ2n) is 8.68. The second-order valence-corrected chi connectivity index (χ2v) is 9.53. The zero-order valence-corrected chi connectivity index (χ0v) is 21.4. The van der Waals surface area contributed by atoms with Gasteiger partial charge in [0.1, 0.15) is 5.75 Å². The molecule has 1 aliphatic heterocycles. The highest BCUT2D eigenvalue weighted by Gasteiger charge is 2.36. The SMILES string of the molecule is COc1ccc([C@H]2CC(=O)C3=C(C2)Nc2ccccc2N[C@H]3c2cc(Br)c(OC)c(OC)c2)cc1. The maximum atomic E-state index is 13.8. The lowest BCUT2D eigenvalue weighted by Gasteiger charge is -2.30. The van der Waals surface area contributed by atoms with Crippen molar-refractivity contribution in [3.8, 4) is 17.2 Å². The Bertz CT molecular complexity index is 1300. The van der Waals surface area contributed by atoms with Gasteiger partial charge in [-0.05, 0) is 75.8 Å². The summed E-state index contributed by atoms with van der Waals surface area (Å²) >= 11 is 3.61. The monoisotopic (exact) mass is 534 g/mol. The van der Waals surface area contributed by atoms with Crippen LogP contribution >= 0.6 is 15.9 Å². The number of carbonyl (C=O) groups excluding carboxylic acids is 1. The number of benzene rings is 3. The van der Waals surface area contributed by atoms with Crippen molar-refractivity contribution in [2.75, 3.05) is 32.0 Å². The molecule has 0 bridgehead atoms. The molecule has 0 saturated heterocycles. The van der Waals surface area contributed by atoms with Crippen LogP contribution in [0.1, 0.15) is 35.9 Å². The number of hydrogen-bond donors (Lipinski definition) is 2. The van der Waals surface area contributed by atoms with Crippen LogP contribution in [0.3, 0.4) is 0 Å². The van der Waals surface area contributed by atoms with E-state index in [0.717, 1.165) is 50.4 Å². The molecule has 6 nitrogen and oxygen atoms in total. The first kappa shape index (κ1) is 23.3. The van der Waals surface area contributed by atoms with Crippen LogP contribution in [0.25, 0.3) is 0 Å². The molecule has 0 radical (unpaired) electrons. The third-order valence-corrected chi connectivity index (χ3v) is 7.27. The number of Topliss-reactive ketones (excluding diaryl/α,β-unsaturated/α-hetero) is 1. The highest BCUT2D eigenvalue weighted by atomic mass is 79.9. The summed E-state index contributed by atoms with van der Waals surface area (Å²) < 4.78 is 17.2. The minimum atomic E-state index is -0.346. The number of methoxy groups -OCH3 is 3. The molecule has 180 valence electrons. The van der Waals surface area contributed by atoms with Crippen LogP contribution in [0.5, 0.6) is 17.2 Å². The molecule has 0 amide bonds. The quantitative estimate of drug-likeness (QED) is 0.391. The van der Waals surface area contributed by atoms with Gasteiger partial charge >= 0.3 is 0 Å². The molecule has 5 rings (SSSR count). The normalized spacial score (nSPS) is 19.0. The van der Waals surface area contributed by atoms with E-state index >= 15 is 0 Å². The predicted molar refractivity (Wildman–Crippen MR) is 141 cm³/mol. The fourth-order valence-corrected chi connectivity index (χ4v) is 5.58. The van der Waals surface area contributed by atoms with E-state index in [1.165, 1.54) is 0 Å². The number of anilines is 2.